The zero-order valence-corrected chi connectivity index (χ0v) is 9.07. The van der Waals surface area contributed by atoms with Crippen LogP contribution in [0, 0.1) is 5.82 Å². The number of benzene rings is 1. The molecule has 0 aliphatic carbocycles. The van der Waals surface area contributed by atoms with Gasteiger partial charge >= 0.3 is 5.97 Å². The lowest BCUT2D eigenvalue weighted by atomic mass is 10.2. The summed E-state index contributed by atoms with van der Waals surface area (Å²) >= 11 is 0. The number of carboxylic acids is 1. The molecule has 90 valence electrons. The average Bonchev–Trinajstić information content (AvgIpc) is 2.95. The Bertz CT molecular complexity index is 745. The number of aromatic nitrogens is 3. The van der Waals surface area contributed by atoms with Gasteiger partial charge in [-0.25, -0.2) is 14.2 Å². The molecule has 5 nitrogen and oxygen atoms in total. The minimum atomic E-state index is -1.09. The topological polar surface area (TPSA) is 81.8 Å². The Morgan fingerprint density at radius 3 is 2.83 bits per heavy atom. The van der Waals surface area contributed by atoms with Crippen LogP contribution in [0.3, 0.4) is 0 Å². The second-order valence-corrected chi connectivity index (χ2v) is 3.84. The first-order chi connectivity index (χ1) is 8.65. The molecule has 2 heterocycles. The van der Waals surface area contributed by atoms with Crippen molar-refractivity contribution in [3.63, 3.8) is 0 Å². The van der Waals surface area contributed by atoms with E-state index in [-0.39, 0.29) is 11.5 Å². The monoisotopic (exact) mass is 245 g/mol. The highest BCUT2D eigenvalue weighted by Crippen LogP contribution is 2.23. The standard InChI is InChI=1S/C12H8FN3O2/c13-7-3-1-2-6-4-8(15-10(6)7)11-14-5-9(16-11)12(17)18/h1-5,15H,(H,14,16)(H,17,18). The van der Waals surface area contributed by atoms with Crippen LogP contribution in [0.15, 0.2) is 30.5 Å². The van der Waals surface area contributed by atoms with E-state index in [4.69, 9.17) is 5.11 Å². The van der Waals surface area contributed by atoms with Gasteiger partial charge in [0.1, 0.15) is 11.5 Å². The number of hydrogen-bond donors (Lipinski definition) is 3. The van der Waals surface area contributed by atoms with Crippen molar-refractivity contribution in [3.8, 4) is 11.5 Å². The number of para-hydroxylation sites is 1. The number of fused-ring (bicyclic) bond motifs is 1. The molecule has 18 heavy (non-hydrogen) atoms. The number of nitrogens with one attached hydrogen (secondary N) is 2. The molecule has 3 aromatic rings. The van der Waals surface area contributed by atoms with Crippen molar-refractivity contribution in [1.29, 1.82) is 0 Å². The van der Waals surface area contributed by atoms with Crippen LogP contribution in [-0.4, -0.2) is 26.0 Å². The maximum atomic E-state index is 13.5. The summed E-state index contributed by atoms with van der Waals surface area (Å²) in [5.74, 6) is -1.08. The largest absolute Gasteiger partial charge is 0.477 e. The molecule has 0 bridgehead atoms. The summed E-state index contributed by atoms with van der Waals surface area (Å²) in [6.45, 7) is 0. The van der Waals surface area contributed by atoms with Gasteiger partial charge in [0.05, 0.1) is 17.4 Å². The first-order valence-corrected chi connectivity index (χ1v) is 5.21. The highest BCUT2D eigenvalue weighted by molar-refractivity contribution is 5.87. The lowest BCUT2D eigenvalue weighted by molar-refractivity contribution is 0.0691. The number of rotatable bonds is 2. The van der Waals surface area contributed by atoms with E-state index in [2.05, 4.69) is 15.0 Å². The van der Waals surface area contributed by atoms with Crippen LogP contribution in [0.4, 0.5) is 4.39 Å². The van der Waals surface area contributed by atoms with Gasteiger partial charge in [0, 0.05) is 5.39 Å². The van der Waals surface area contributed by atoms with Gasteiger partial charge in [-0.15, -0.1) is 0 Å². The van der Waals surface area contributed by atoms with Crippen molar-refractivity contribution < 1.29 is 14.3 Å². The third-order valence-electron chi connectivity index (χ3n) is 2.67. The Hall–Kier alpha value is -2.63. The van der Waals surface area contributed by atoms with Gasteiger partial charge in [0.15, 0.2) is 5.82 Å². The van der Waals surface area contributed by atoms with Gasteiger partial charge in [-0.3, -0.25) is 0 Å². The minimum Gasteiger partial charge on any atom is -0.477 e. The summed E-state index contributed by atoms with van der Waals surface area (Å²) in [6.07, 6.45) is 1.22. The zero-order chi connectivity index (χ0) is 12.7. The van der Waals surface area contributed by atoms with E-state index >= 15 is 0 Å². The maximum Gasteiger partial charge on any atom is 0.353 e. The molecular formula is C12H8FN3O2. The van der Waals surface area contributed by atoms with E-state index in [9.17, 15) is 9.18 Å². The number of hydrogen-bond acceptors (Lipinski definition) is 2. The van der Waals surface area contributed by atoms with Gasteiger partial charge in [-0.1, -0.05) is 12.1 Å². The lowest BCUT2D eigenvalue weighted by Gasteiger charge is -1.91. The molecule has 0 saturated carbocycles. The van der Waals surface area contributed by atoms with Crippen LogP contribution in [0.25, 0.3) is 22.4 Å². The van der Waals surface area contributed by atoms with Crippen LogP contribution in [0.2, 0.25) is 0 Å². The van der Waals surface area contributed by atoms with Gasteiger partial charge in [0.2, 0.25) is 0 Å². The third kappa shape index (κ3) is 1.55. The fraction of sp³-hybridized carbons (Fsp3) is 0. The number of aromatic amines is 2. The summed E-state index contributed by atoms with van der Waals surface area (Å²) < 4.78 is 13.5. The van der Waals surface area contributed by atoms with E-state index in [1.54, 1.807) is 18.2 Å². The third-order valence-corrected chi connectivity index (χ3v) is 2.67. The minimum absolute atomic E-state index is 0.0101. The molecule has 0 atom stereocenters. The molecule has 0 saturated heterocycles. The van der Waals surface area contributed by atoms with Gasteiger partial charge in [-0.2, -0.15) is 0 Å². The summed E-state index contributed by atoms with van der Waals surface area (Å²) in [5.41, 5.74) is 0.910. The predicted octanol–water partition coefficient (Wildman–Crippen LogP) is 2.40. The SMILES string of the molecule is O=C(O)c1cnc(-c2cc3cccc(F)c3[nH]2)[nH]1. The van der Waals surface area contributed by atoms with E-state index < -0.39 is 5.97 Å². The second-order valence-electron chi connectivity index (χ2n) is 3.84. The van der Waals surface area contributed by atoms with Crippen LogP contribution in [0.5, 0.6) is 0 Å². The van der Waals surface area contributed by atoms with Crippen molar-refractivity contribution in [3.05, 3.63) is 42.0 Å². The Labute approximate surface area is 100 Å². The molecule has 2 aromatic heterocycles. The lowest BCUT2D eigenvalue weighted by Crippen LogP contribution is -1.95. The number of aromatic carboxylic acids is 1. The Balaban J connectivity index is 2.13. The van der Waals surface area contributed by atoms with Crippen molar-refractivity contribution in [2.24, 2.45) is 0 Å². The van der Waals surface area contributed by atoms with E-state index in [0.717, 1.165) is 0 Å². The number of nitrogens with zero attached hydrogens (tertiary/aromatic N) is 1. The van der Waals surface area contributed by atoms with Crippen molar-refractivity contribution >= 4 is 16.9 Å². The highest BCUT2D eigenvalue weighted by atomic mass is 19.1. The average molecular weight is 245 g/mol. The van der Waals surface area contributed by atoms with Crippen LogP contribution in [0.1, 0.15) is 10.5 Å². The highest BCUT2D eigenvalue weighted by Gasteiger charge is 2.12. The molecule has 0 aliphatic heterocycles. The molecule has 3 N–H and O–H groups in total. The van der Waals surface area contributed by atoms with Crippen LogP contribution in [-0.2, 0) is 0 Å². The van der Waals surface area contributed by atoms with E-state index in [1.807, 2.05) is 0 Å². The number of carbonyl (C=O) groups is 1. The molecule has 0 fully saturated rings. The smallest absolute Gasteiger partial charge is 0.353 e. The Morgan fingerprint density at radius 2 is 2.17 bits per heavy atom. The molecule has 0 aliphatic rings. The quantitative estimate of drug-likeness (QED) is 0.648. The first kappa shape index (κ1) is 10.5. The molecule has 0 spiro atoms. The zero-order valence-electron chi connectivity index (χ0n) is 9.07. The molecule has 0 unspecified atom stereocenters. The second kappa shape index (κ2) is 3.69. The molecule has 3 rings (SSSR count). The fourth-order valence-electron chi connectivity index (χ4n) is 1.81. The van der Waals surface area contributed by atoms with Gasteiger partial charge in [0.25, 0.3) is 0 Å². The van der Waals surface area contributed by atoms with Crippen LogP contribution >= 0.6 is 0 Å². The summed E-state index contributed by atoms with van der Waals surface area (Å²) in [6, 6.07) is 6.44. The van der Waals surface area contributed by atoms with E-state index in [0.29, 0.717) is 22.4 Å². The van der Waals surface area contributed by atoms with E-state index in [1.165, 1.54) is 12.3 Å². The number of H-pyrrole nitrogens is 2. The molecule has 0 radical (unpaired) electrons. The summed E-state index contributed by atoms with van der Waals surface area (Å²) in [5, 5.41) is 9.49. The van der Waals surface area contributed by atoms with Crippen molar-refractivity contribution in [1.82, 2.24) is 15.0 Å². The molecule has 6 heteroatoms. The number of carboxylic acid groups (broad SMARTS) is 1. The summed E-state index contributed by atoms with van der Waals surface area (Å²) in [4.78, 5) is 20.2. The number of imidazole rings is 1. The molecular weight excluding hydrogens is 237 g/mol. The number of halogens is 1. The van der Waals surface area contributed by atoms with Crippen molar-refractivity contribution in [2.45, 2.75) is 0 Å². The Morgan fingerprint density at radius 1 is 1.33 bits per heavy atom. The predicted molar refractivity (Wildman–Crippen MR) is 62.8 cm³/mol. The normalized spacial score (nSPS) is 10.9. The fourth-order valence-corrected chi connectivity index (χ4v) is 1.81. The first-order valence-electron chi connectivity index (χ1n) is 5.21. The maximum absolute atomic E-state index is 13.5. The van der Waals surface area contributed by atoms with Crippen molar-refractivity contribution in [2.75, 3.05) is 0 Å². The molecule has 0 amide bonds. The van der Waals surface area contributed by atoms with Gasteiger partial charge < -0.3 is 15.1 Å². The van der Waals surface area contributed by atoms with Gasteiger partial charge in [-0.05, 0) is 12.1 Å². The summed E-state index contributed by atoms with van der Waals surface area (Å²) in [7, 11) is 0. The van der Waals surface area contributed by atoms with Crippen LogP contribution < -0.4 is 0 Å². The Kier molecular flexibility index (Phi) is 2.16. The molecule has 1 aromatic carbocycles.